The van der Waals surface area contributed by atoms with E-state index in [1.807, 2.05) is 30.3 Å². The van der Waals surface area contributed by atoms with Gasteiger partial charge in [0.25, 0.3) is 0 Å². The summed E-state index contributed by atoms with van der Waals surface area (Å²) in [5, 5.41) is 24.1. The molecule has 2 aliphatic rings. The van der Waals surface area contributed by atoms with E-state index < -0.39 is 17.7 Å². The normalized spacial score (nSPS) is 14.7. The van der Waals surface area contributed by atoms with Gasteiger partial charge in [-0.15, -0.1) is 11.3 Å². The molecule has 2 aromatic carbocycles. The number of benzene rings is 2. The molecule has 2 aliphatic carbocycles. The van der Waals surface area contributed by atoms with E-state index in [0.717, 1.165) is 60.1 Å². The molecule has 208 valence electrons. The highest BCUT2D eigenvalue weighted by molar-refractivity contribution is 7.11. The Labute approximate surface area is 243 Å². The highest BCUT2D eigenvalue weighted by atomic mass is 32.1. The zero-order valence-electron chi connectivity index (χ0n) is 23.2. The van der Waals surface area contributed by atoms with Crippen LogP contribution in [0.2, 0.25) is 0 Å². The Bertz CT molecular complexity index is 1620. The first-order chi connectivity index (χ1) is 19.8. The molecule has 4 aromatic rings. The first kappa shape index (κ1) is 27.1. The van der Waals surface area contributed by atoms with Crippen LogP contribution >= 0.6 is 11.3 Å². The minimum atomic E-state index is -1.14. The Kier molecular flexibility index (Phi) is 7.33. The number of thiazole rings is 1. The molecule has 7 nitrogen and oxygen atoms in total. The number of aliphatic hydroxyl groups is 1. The fraction of sp³-hybridized carbons (Fsp3) is 0.333. The van der Waals surface area contributed by atoms with Gasteiger partial charge in [0, 0.05) is 18.0 Å². The first-order valence-corrected chi connectivity index (χ1v) is 14.9. The van der Waals surface area contributed by atoms with Crippen LogP contribution < -0.4 is 5.32 Å². The van der Waals surface area contributed by atoms with E-state index >= 15 is 0 Å². The topological polar surface area (TPSA) is 108 Å². The average molecular weight is 565 g/mol. The number of fused-ring (bicyclic) bond motifs is 2. The Morgan fingerprint density at radius 3 is 2.41 bits per heavy atom. The number of rotatable bonds is 7. The number of carbonyl (C=O) groups excluding carboxylic acids is 1. The lowest BCUT2D eigenvalue weighted by atomic mass is 9.86. The van der Waals surface area contributed by atoms with E-state index in [1.165, 1.54) is 39.2 Å². The second-order valence-corrected chi connectivity index (χ2v) is 12.3. The van der Waals surface area contributed by atoms with Crippen molar-refractivity contribution in [1.29, 1.82) is 5.26 Å². The molecule has 0 saturated heterocycles. The summed E-state index contributed by atoms with van der Waals surface area (Å²) < 4.78 is 5.63. The van der Waals surface area contributed by atoms with E-state index in [4.69, 9.17) is 4.74 Å². The van der Waals surface area contributed by atoms with Gasteiger partial charge in [0.05, 0.1) is 10.9 Å². The minimum Gasteiger partial charge on any atom is -0.445 e. The Hall–Kier alpha value is -4.06. The lowest BCUT2D eigenvalue weighted by molar-refractivity contribution is 0.0783. The van der Waals surface area contributed by atoms with Gasteiger partial charge in [-0.3, -0.25) is 0 Å². The standard InChI is InChI=1S/C33H32N4O3S/c1-33(2,39)31-36-18-28(41-31)30(37-32(38)40-19-20-8-4-3-5-9-20)26-15-23(16-34)35-17-27(26)29-24-12-6-10-21(24)14-22-11-7-13-25(22)29/h3-5,8-9,14-15,17-18,30,39H,6-7,10-13,19H2,1-2H3,(H,37,38). The van der Waals surface area contributed by atoms with Crippen LogP contribution in [0, 0.1) is 11.3 Å². The number of aromatic nitrogens is 2. The summed E-state index contributed by atoms with van der Waals surface area (Å²) in [5.74, 6) is 0. The lowest BCUT2D eigenvalue weighted by Crippen LogP contribution is -2.30. The van der Waals surface area contributed by atoms with Crippen molar-refractivity contribution >= 4 is 17.4 Å². The van der Waals surface area contributed by atoms with Crippen LogP contribution in [0.5, 0.6) is 0 Å². The number of amides is 1. The third kappa shape index (κ3) is 5.48. The van der Waals surface area contributed by atoms with Crippen molar-refractivity contribution < 1.29 is 14.6 Å². The van der Waals surface area contributed by atoms with Crippen LogP contribution in [0.15, 0.2) is 54.9 Å². The van der Waals surface area contributed by atoms with Gasteiger partial charge in [-0.2, -0.15) is 5.26 Å². The molecule has 0 bridgehead atoms. The van der Waals surface area contributed by atoms with Crippen molar-refractivity contribution in [2.75, 3.05) is 0 Å². The van der Waals surface area contributed by atoms with Crippen LogP contribution in [0.25, 0.3) is 11.1 Å². The van der Waals surface area contributed by atoms with Crippen molar-refractivity contribution in [2.45, 2.75) is 70.6 Å². The highest BCUT2D eigenvalue weighted by Gasteiger charge is 2.31. The van der Waals surface area contributed by atoms with Crippen molar-refractivity contribution in [3.05, 3.63) is 104 Å². The molecule has 1 unspecified atom stereocenters. The summed E-state index contributed by atoms with van der Waals surface area (Å²) in [5.41, 5.74) is 8.40. The van der Waals surface area contributed by atoms with Crippen LogP contribution in [0.4, 0.5) is 4.79 Å². The SMILES string of the molecule is CC(C)(O)c1ncc(C(NC(=O)OCc2ccccc2)c2cc(C#N)ncc2-c2c3c(cc4c2CCC4)CCC3)s1. The Morgan fingerprint density at radius 1 is 1.07 bits per heavy atom. The zero-order valence-corrected chi connectivity index (χ0v) is 24.1. The summed E-state index contributed by atoms with van der Waals surface area (Å²) in [6, 6.07) is 15.2. The number of nitrogens with one attached hydrogen (secondary N) is 1. The first-order valence-electron chi connectivity index (χ1n) is 14.0. The third-order valence-corrected chi connectivity index (χ3v) is 9.29. The van der Waals surface area contributed by atoms with E-state index in [2.05, 4.69) is 27.4 Å². The largest absolute Gasteiger partial charge is 0.445 e. The Balaban J connectivity index is 1.47. The highest BCUT2D eigenvalue weighted by Crippen LogP contribution is 2.44. The molecular weight excluding hydrogens is 532 g/mol. The fourth-order valence-electron chi connectivity index (χ4n) is 6.01. The van der Waals surface area contributed by atoms with Crippen molar-refractivity contribution in [3.63, 3.8) is 0 Å². The molecule has 1 amide bonds. The molecule has 2 aromatic heterocycles. The molecule has 0 radical (unpaired) electrons. The van der Waals surface area contributed by atoms with Crippen molar-refractivity contribution in [2.24, 2.45) is 0 Å². The van der Waals surface area contributed by atoms with Crippen LogP contribution in [0.3, 0.4) is 0 Å². The van der Waals surface area contributed by atoms with Gasteiger partial charge in [0.15, 0.2) is 0 Å². The lowest BCUT2D eigenvalue weighted by Gasteiger charge is -2.24. The third-order valence-electron chi connectivity index (χ3n) is 7.91. The number of carbonyl (C=O) groups is 1. The number of alkyl carbamates (subject to hydrolysis) is 1. The predicted molar refractivity (Wildman–Crippen MR) is 157 cm³/mol. The molecule has 8 heteroatoms. The number of pyridine rings is 1. The molecular formula is C33H32N4O3S. The summed E-state index contributed by atoms with van der Waals surface area (Å²) in [7, 11) is 0. The van der Waals surface area contributed by atoms with Gasteiger partial charge in [0.2, 0.25) is 0 Å². The van der Waals surface area contributed by atoms with Crippen LogP contribution in [0.1, 0.15) is 81.7 Å². The summed E-state index contributed by atoms with van der Waals surface area (Å²) in [4.78, 5) is 23.0. The second-order valence-electron chi connectivity index (χ2n) is 11.3. The molecule has 2 heterocycles. The minimum absolute atomic E-state index is 0.128. The quantitative estimate of drug-likeness (QED) is 0.273. The second kappa shape index (κ2) is 11.1. The van der Waals surface area contributed by atoms with Crippen LogP contribution in [-0.2, 0) is 42.6 Å². The number of nitrogens with zero attached hydrogens (tertiary/aromatic N) is 3. The van der Waals surface area contributed by atoms with Gasteiger partial charge in [0.1, 0.15) is 29.0 Å². The zero-order chi connectivity index (χ0) is 28.6. The van der Waals surface area contributed by atoms with Gasteiger partial charge in [-0.1, -0.05) is 36.4 Å². The van der Waals surface area contributed by atoms with E-state index in [0.29, 0.717) is 5.01 Å². The van der Waals surface area contributed by atoms with Gasteiger partial charge < -0.3 is 15.2 Å². The molecule has 6 rings (SSSR count). The van der Waals surface area contributed by atoms with E-state index in [-0.39, 0.29) is 12.3 Å². The molecule has 0 aliphatic heterocycles. The maximum atomic E-state index is 13.3. The van der Waals surface area contributed by atoms with E-state index in [1.54, 1.807) is 32.3 Å². The maximum absolute atomic E-state index is 13.3. The van der Waals surface area contributed by atoms with Crippen molar-refractivity contribution in [3.8, 4) is 17.2 Å². The van der Waals surface area contributed by atoms with Crippen molar-refractivity contribution in [1.82, 2.24) is 15.3 Å². The molecule has 0 spiro atoms. The monoisotopic (exact) mass is 564 g/mol. The molecule has 0 saturated carbocycles. The summed E-state index contributed by atoms with van der Waals surface area (Å²) in [6.45, 7) is 3.51. The number of ether oxygens (including phenoxy) is 1. The number of nitriles is 1. The number of hydrogen-bond donors (Lipinski definition) is 2. The number of aryl methyl sites for hydroxylation is 2. The fourth-order valence-corrected chi connectivity index (χ4v) is 7.00. The van der Waals surface area contributed by atoms with Gasteiger partial charge in [-0.25, -0.2) is 14.8 Å². The van der Waals surface area contributed by atoms with E-state index in [9.17, 15) is 15.2 Å². The summed E-state index contributed by atoms with van der Waals surface area (Å²) in [6.07, 6.45) is 9.25. The summed E-state index contributed by atoms with van der Waals surface area (Å²) >= 11 is 1.33. The number of hydrogen-bond acceptors (Lipinski definition) is 7. The smallest absolute Gasteiger partial charge is 0.408 e. The molecule has 1 atom stereocenters. The van der Waals surface area contributed by atoms with Crippen LogP contribution in [-0.4, -0.2) is 21.2 Å². The van der Waals surface area contributed by atoms with Gasteiger partial charge >= 0.3 is 6.09 Å². The molecule has 41 heavy (non-hydrogen) atoms. The molecule has 2 N–H and O–H groups in total. The van der Waals surface area contributed by atoms with Gasteiger partial charge in [-0.05, 0) is 97.4 Å². The maximum Gasteiger partial charge on any atom is 0.408 e. The predicted octanol–water partition coefficient (Wildman–Crippen LogP) is 6.30. The molecule has 0 fully saturated rings. The average Bonchev–Trinajstić information content (AvgIpc) is 3.75. The Morgan fingerprint density at radius 2 is 1.78 bits per heavy atom.